The van der Waals surface area contributed by atoms with E-state index in [1.165, 1.54) is 43.4 Å². The molecule has 26 heavy (non-hydrogen) atoms. The molecule has 4 rings (SSSR count). The monoisotopic (exact) mass is 371 g/mol. The van der Waals surface area contributed by atoms with Crippen LogP contribution in [-0.2, 0) is 4.74 Å². The first kappa shape index (κ1) is 18.0. The largest absolute Gasteiger partial charge is 0.384 e. The molecule has 0 amide bonds. The number of nitrogens with zero attached hydrogens (tertiary/aromatic N) is 2. The SMILES string of the molecule is COC[C@@H]1CCC[C@@H]1NC1CCN(c2cccc(-c3cscn3)c2)CC1. The molecule has 1 aromatic heterocycles. The lowest BCUT2D eigenvalue weighted by Crippen LogP contribution is -2.47. The Labute approximate surface area is 160 Å². The molecule has 1 aliphatic heterocycles. The molecule has 1 N–H and O–H groups in total. The van der Waals surface area contributed by atoms with Crippen LogP contribution in [0.25, 0.3) is 11.3 Å². The molecule has 140 valence electrons. The highest BCUT2D eigenvalue weighted by Crippen LogP contribution is 2.29. The number of thiazole rings is 1. The Morgan fingerprint density at radius 3 is 2.88 bits per heavy atom. The van der Waals surface area contributed by atoms with Gasteiger partial charge in [0.25, 0.3) is 0 Å². The summed E-state index contributed by atoms with van der Waals surface area (Å²) in [4.78, 5) is 6.97. The van der Waals surface area contributed by atoms with E-state index in [-0.39, 0.29) is 0 Å². The average Bonchev–Trinajstić information content (AvgIpc) is 3.36. The van der Waals surface area contributed by atoms with Crippen molar-refractivity contribution >= 4 is 17.0 Å². The normalized spacial score (nSPS) is 24.3. The minimum atomic E-state index is 0.649. The van der Waals surface area contributed by atoms with Crippen molar-refractivity contribution in [1.82, 2.24) is 10.3 Å². The van der Waals surface area contributed by atoms with Gasteiger partial charge in [-0.25, -0.2) is 4.98 Å². The number of ether oxygens (including phenoxy) is 1. The van der Waals surface area contributed by atoms with Crippen LogP contribution in [0.15, 0.2) is 35.2 Å². The minimum absolute atomic E-state index is 0.649. The molecular weight excluding hydrogens is 342 g/mol. The molecule has 0 unspecified atom stereocenters. The lowest BCUT2D eigenvalue weighted by Gasteiger charge is -2.36. The van der Waals surface area contributed by atoms with E-state index in [9.17, 15) is 0 Å². The van der Waals surface area contributed by atoms with Gasteiger partial charge >= 0.3 is 0 Å². The van der Waals surface area contributed by atoms with E-state index in [4.69, 9.17) is 4.74 Å². The van der Waals surface area contributed by atoms with Crippen molar-refractivity contribution in [3.05, 3.63) is 35.2 Å². The van der Waals surface area contributed by atoms with E-state index in [0.29, 0.717) is 18.0 Å². The molecule has 1 saturated heterocycles. The fraction of sp³-hybridized carbons (Fsp3) is 0.571. The third kappa shape index (κ3) is 4.11. The number of methoxy groups -OCH3 is 1. The van der Waals surface area contributed by atoms with Gasteiger partial charge in [-0.1, -0.05) is 18.6 Å². The average molecular weight is 372 g/mol. The van der Waals surface area contributed by atoms with Crippen LogP contribution < -0.4 is 10.2 Å². The van der Waals surface area contributed by atoms with Gasteiger partial charge in [0.1, 0.15) is 0 Å². The lowest BCUT2D eigenvalue weighted by atomic mass is 9.99. The molecule has 0 bridgehead atoms. The van der Waals surface area contributed by atoms with Crippen LogP contribution in [0, 0.1) is 5.92 Å². The predicted molar refractivity (Wildman–Crippen MR) is 109 cm³/mol. The first-order valence-electron chi connectivity index (χ1n) is 9.82. The van der Waals surface area contributed by atoms with Crippen LogP contribution in [0.2, 0.25) is 0 Å². The van der Waals surface area contributed by atoms with Crippen LogP contribution in [0.5, 0.6) is 0 Å². The molecule has 5 heteroatoms. The van der Waals surface area contributed by atoms with Crippen LogP contribution >= 0.6 is 11.3 Å². The van der Waals surface area contributed by atoms with Crippen LogP contribution in [0.3, 0.4) is 0 Å². The molecule has 2 fully saturated rings. The number of benzene rings is 1. The lowest BCUT2D eigenvalue weighted by molar-refractivity contribution is 0.136. The van der Waals surface area contributed by atoms with Crippen molar-refractivity contribution in [2.45, 2.75) is 44.2 Å². The molecule has 0 spiro atoms. The van der Waals surface area contributed by atoms with Gasteiger partial charge in [0.05, 0.1) is 17.8 Å². The number of hydrogen-bond acceptors (Lipinski definition) is 5. The first-order chi connectivity index (χ1) is 12.8. The Bertz CT molecular complexity index is 682. The zero-order chi connectivity index (χ0) is 17.8. The van der Waals surface area contributed by atoms with Gasteiger partial charge in [-0.05, 0) is 43.7 Å². The van der Waals surface area contributed by atoms with Gasteiger partial charge in [0, 0.05) is 48.9 Å². The maximum atomic E-state index is 5.41. The molecular formula is C21H29N3OS. The van der Waals surface area contributed by atoms with E-state index in [1.54, 1.807) is 11.3 Å². The number of hydrogen-bond donors (Lipinski definition) is 1. The summed E-state index contributed by atoms with van der Waals surface area (Å²) in [5.41, 5.74) is 5.53. The molecule has 1 aromatic carbocycles. The van der Waals surface area contributed by atoms with Crippen molar-refractivity contribution in [3.63, 3.8) is 0 Å². The summed E-state index contributed by atoms with van der Waals surface area (Å²) in [6.45, 7) is 3.15. The molecule has 1 aliphatic carbocycles. The molecule has 0 radical (unpaired) electrons. The van der Waals surface area contributed by atoms with Gasteiger partial charge in [-0.3, -0.25) is 0 Å². The van der Waals surface area contributed by atoms with Crippen LogP contribution in [-0.4, -0.2) is 43.9 Å². The van der Waals surface area contributed by atoms with Crippen molar-refractivity contribution in [2.24, 2.45) is 5.92 Å². The number of anilines is 1. The van der Waals surface area contributed by atoms with Crippen molar-refractivity contribution in [2.75, 3.05) is 31.7 Å². The standard InChI is InChI=1S/C21H29N3OS/c1-25-13-17-5-3-7-20(17)23-18-8-10-24(11-9-18)19-6-2-4-16(12-19)21-14-26-15-22-21/h2,4,6,12,14-15,17-18,20,23H,3,5,7-11,13H2,1H3/t17-,20-/m0/s1. The topological polar surface area (TPSA) is 37.4 Å². The number of rotatable bonds is 6. The number of aromatic nitrogens is 1. The third-order valence-corrected chi connectivity index (χ3v) is 6.51. The van der Waals surface area contributed by atoms with Crippen molar-refractivity contribution in [3.8, 4) is 11.3 Å². The molecule has 2 aromatic rings. The summed E-state index contributed by atoms with van der Waals surface area (Å²) >= 11 is 1.65. The highest BCUT2D eigenvalue weighted by Gasteiger charge is 2.30. The van der Waals surface area contributed by atoms with Gasteiger partial charge in [-0.15, -0.1) is 11.3 Å². The highest BCUT2D eigenvalue weighted by molar-refractivity contribution is 7.07. The van der Waals surface area contributed by atoms with E-state index < -0.39 is 0 Å². The molecule has 2 atom stereocenters. The Balaban J connectivity index is 1.33. The third-order valence-electron chi connectivity index (χ3n) is 5.92. The highest BCUT2D eigenvalue weighted by atomic mass is 32.1. The Hall–Kier alpha value is -1.43. The summed E-state index contributed by atoms with van der Waals surface area (Å²) in [6.07, 6.45) is 6.40. The first-order valence-corrected chi connectivity index (χ1v) is 10.8. The van der Waals surface area contributed by atoms with Gasteiger partial charge < -0.3 is 15.0 Å². The van der Waals surface area contributed by atoms with Gasteiger partial charge in [0.2, 0.25) is 0 Å². The molecule has 4 nitrogen and oxygen atoms in total. The van der Waals surface area contributed by atoms with Crippen LogP contribution in [0.4, 0.5) is 5.69 Å². The Morgan fingerprint density at radius 2 is 2.12 bits per heavy atom. The maximum absolute atomic E-state index is 5.41. The smallest absolute Gasteiger partial charge is 0.0811 e. The van der Waals surface area contributed by atoms with E-state index in [2.05, 4.69) is 44.8 Å². The number of nitrogens with one attached hydrogen (secondary N) is 1. The summed E-state index contributed by atoms with van der Waals surface area (Å²) in [6, 6.07) is 10.1. The fourth-order valence-electron chi connectivity index (χ4n) is 4.49. The van der Waals surface area contributed by atoms with E-state index in [0.717, 1.165) is 25.4 Å². The zero-order valence-corrected chi connectivity index (χ0v) is 16.4. The quantitative estimate of drug-likeness (QED) is 0.826. The van der Waals surface area contributed by atoms with E-state index in [1.807, 2.05) is 12.6 Å². The Kier molecular flexibility index (Phi) is 5.88. The van der Waals surface area contributed by atoms with E-state index >= 15 is 0 Å². The second kappa shape index (κ2) is 8.51. The second-order valence-corrected chi connectivity index (χ2v) is 8.32. The summed E-state index contributed by atoms with van der Waals surface area (Å²) in [5, 5.41) is 6.06. The second-order valence-electron chi connectivity index (χ2n) is 7.60. The predicted octanol–water partition coefficient (Wildman–Crippen LogP) is 4.18. The summed E-state index contributed by atoms with van der Waals surface area (Å²) in [7, 11) is 1.83. The zero-order valence-electron chi connectivity index (χ0n) is 15.6. The maximum Gasteiger partial charge on any atom is 0.0811 e. The van der Waals surface area contributed by atoms with Crippen molar-refractivity contribution in [1.29, 1.82) is 0 Å². The Morgan fingerprint density at radius 1 is 1.23 bits per heavy atom. The van der Waals surface area contributed by atoms with Gasteiger partial charge in [0.15, 0.2) is 0 Å². The van der Waals surface area contributed by atoms with Crippen LogP contribution in [0.1, 0.15) is 32.1 Å². The minimum Gasteiger partial charge on any atom is -0.384 e. The van der Waals surface area contributed by atoms with Gasteiger partial charge in [-0.2, -0.15) is 0 Å². The summed E-state index contributed by atoms with van der Waals surface area (Å²) < 4.78 is 5.41. The summed E-state index contributed by atoms with van der Waals surface area (Å²) in [5.74, 6) is 0.702. The molecule has 2 aliphatic rings. The molecule has 1 saturated carbocycles. The molecule has 2 heterocycles. The van der Waals surface area contributed by atoms with Crippen molar-refractivity contribution < 1.29 is 4.74 Å². The number of piperidine rings is 1. The fourth-order valence-corrected chi connectivity index (χ4v) is 5.06.